The molecule has 0 aromatic heterocycles. The number of urea groups is 2. The average molecular weight is 544 g/mol. The van der Waals surface area contributed by atoms with Gasteiger partial charge in [-0.15, -0.1) is 0 Å². The van der Waals surface area contributed by atoms with Crippen molar-refractivity contribution in [2.45, 2.75) is 18.4 Å². The molecule has 192 valence electrons. The molecule has 0 aliphatic carbocycles. The summed E-state index contributed by atoms with van der Waals surface area (Å²) >= 11 is 12.3. The first kappa shape index (κ1) is 26.3. The van der Waals surface area contributed by atoms with Crippen molar-refractivity contribution in [2.24, 2.45) is 0 Å². The number of anilines is 1. The van der Waals surface area contributed by atoms with Crippen molar-refractivity contribution >= 4 is 52.8 Å². The first-order valence-corrected chi connectivity index (χ1v) is 12.1. The summed E-state index contributed by atoms with van der Waals surface area (Å²) in [6, 6.07) is 11.9. The summed E-state index contributed by atoms with van der Waals surface area (Å²) in [6.45, 7) is 1.44. The molecule has 0 saturated carbocycles. The minimum Gasteiger partial charge on any atom is -0.465 e. The molecule has 2 aromatic carbocycles. The lowest BCUT2D eigenvalue weighted by Gasteiger charge is -2.33. The van der Waals surface area contributed by atoms with E-state index in [1.54, 1.807) is 31.2 Å². The van der Waals surface area contributed by atoms with Crippen LogP contribution in [-0.2, 0) is 14.3 Å². The lowest BCUT2D eigenvalue weighted by atomic mass is 9.80. The number of likely N-dealkylation sites (N-methyl/N-ethyl adjacent to an activating group) is 1. The molecule has 2 fully saturated rings. The topological polar surface area (TPSA) is 123 Å². The molecule has 37 heavy (non-hydrogen) atoms. The van der Waals surface area contributed by atoms with Gasteiger partial charge in [0, 0.05) is 29.6 Å². The number of halogens is 2. The highest BCUT2D eigenvalue weighted by Gasteiger charge is 2.65. The highest BCUT2D eigenvalue weighted by Crippen LogP contribution is 2.46. The zero-order chi connectivity index (χ0) is 26.9. The summed E-state index contributed by atoms with van der Waals surface area (Å²) in [4.78, 5) is 56.0. The van der Waals surface area contributed by atoms with Crippen molar-refractivity contribution in [3.63, 3.8) is 0 Å². The van der Waals surface area contributed by atoms with E-state index >= 15 is 0 Å². The number of nitrogens with zero attached hydrogens (tertiary/aromatic N) is 4. The zero-order valence-corrected chi connectivity index (χ0v) is 21.5. The number of hydrogen-bond acceptors (Lipinski definition) is 6. The van der Waals surface area contributed by atoms with Crippen LogP contribution in [-0.4, -0.2) is 72.6 Å². The van der Waals surface area contributed by atoms with E-state index in [9.17, 15) is 24.4 Å². The predicted octanol–water partition coefficient (Wildman–Crippen LogP) is 3.37. The van der Waals surface area contributed by atoms with Crippen LogP contribution < -0.4 is 10.2 Å². The molecule has 1 N–H and O–H groups in total. The first-order chi connectivity index (χ1) is 17.6. The number of ether oxygens (including phenoxy) is 1. The maximum Gasteiger partial charge on any atom is 0.332 e. The maximum absolute atomic E-state index is 14.1. The van der Waals surface area contributed by atoms with Crippen molar-refractivity contribution in [3.05, 3.63) is 63.6 Å². The molecule has 0 bridgehead atoms. The van der Waals surface area contributed by atoms with E-state index in [4.69, 9.17) is 27.9 Å². The molecule has 2 saturated heterocycles. The van der Waals surface area contributed by atoms with Crippen LogP contribution in [0.5, 0.6) is 0 Å². The number of nitrogens with one attached hydrogen (secondary N) is 1. The van der Waals surface area contributed by atoms with Gasteiger partial charge in [-0.1, -0.05) is 35.3 Å². The van der Waals surface area contributed by atoms with Gasteiger partial charge in [-0.2, -0.15) is 5.26 Å². The van der Waals surface area contributed by atoms with Crippen LogP contribution >= 0.6 is 23.2 Å². The van der Waals surface area contributed by atoms with E-state index in [2.05, 4.69) is 11.4 Å². The van der Waals surface area contributed by atoms with E-state index in [1.807, 2.05) is 0 Å². The number of rotatable bonds is 5. The van der Waals surface area contributed by atoms with E-state index in [-0.39, 0.29) is 42.0 Å². The number of likely N-dealkylation sites (tertiary alicyclic amines) is 1. The summed E-state index contributed by atoms with van der Waals surface area (Å²) in [5.41, 5.74) is -0.155. The number of esters is 1. The maximum atomic E-state index is 14.1. The predicted molar refractivity (Wildman–Crippen MR) is 135 cm³/mol. The van der Waals surface area contributed by atoms with E-state index < -0.39 is 35.4 Å². The molecule has 1 spiro atoms. The highest BCUT2D eigenvalue weighted by molar-refractivity contribution is 6.35. The molecule has 4 rings (SSSR count). The Labute approximate surface area is 223 Å². The Morgan fingerprint density at radius 3 is 2.41 bits per heavy atom. The van der Waals surface area contributed by atoms with Crippen molar-refractivity contribution in [1.82, 2.24) is 15.1 Å². The van der Waals surface area contributed by atoms with Crippen LogP contribution in [0.3, 0.4) is 0 Å². The largest absolute Gasteiger partial charge is 0.465 e. The molecule has 2 aliphatic heterocycles. The minimum atomic E-state index is -1.46. The number of carbonyl (C=O) groups is 4. The lowest BCUT2D eigenvalue weighted by Crippen LogP contribution is -2.54. The minimum absolute atomic E-state index is 0.0774. The fourth-order valence-corrected chi connectivity index (χ4v) is 5.35. The third-order valence-corrected chi connectivity index (χ3v) is 7.02. The van der Waals surface area contributed by atoms with Gasteiger partial charge in [-0.05, 0) is 42.8 Å². The van der Waals surface area contributed by atoms with Gasteiger partial charge in [0.2, 0.25) is 0 Å². The van der Waals surface area contributed by atoms with Crippen molar-refractivity contribution in [2.75, 3.05) is 38.2 Å². The molecule has 2 aliphatic rings. The molecular weight excluding hydrogens is 521 g/mol. The molecule has 2 heterocycles. The molecule has 2 aromatic rings. The standard InChI is InChI=1S/C25H23Cl2N5O5/c1-3-37-21(33)12-29-23(35)31-13-20(16-6-4-15(11-28)5-7-16)25(14-31)22(34)32(24(36)30(25)2)19-9-17(26)8-18(27)10-19/h4-10,20H,3,12-14H2,1-2H3,(H,29,35)/t20-,25-/m1/s1. The second kappa shape index (κ2) is 10.3. The molecule has 0 radical (unpaired) electrons. The number of carbonyl (C=O) groups excluding carboxylic acids is 4. The Balaban J connectivity index is 1.73. The first-order valence-electron chi connectivity index (χ1n) is 11.4. The fourth-order valence-electron chi connectivity index (χ4n) is 4.83. The molecule has 2 atom stereocenters. The Morgan fingerprint density at radius 2 is 1.81 bits per heavy atom. The SMILES string of the molecule is CCOC(=O)CNC(=O)N1C[C@H](c2ccc(C#N)cc2)[C@]2(C1)C(=O)N(c1cc(Cl)cc(Cl)c1)C(=O)N2C. The van der Waals surface area contributed by atoms with Crippen LogP contribution in [0, 0.1) is 11.3 Å². The average Bonchev–Trinajstić information content (AvgIpc) is 3.35. The highest BCUT2D eigenvalue weighted by atomic mass is 35.5. The summed E-state index contributed by atoms with van der Waals surface area (Å²) in [5.74, 6) is -1.77. The Morgan fingerprint density at radius 1 is 1.16 bits per heavy atom. The van der Waals surface area contributed by atoms with Crippen LogP contribution in [0.25, 0.3) is 0 Å². The molecule has 10 nitrogen and oxygen atoms in total. The number of nitriles is 1. The number of benzene rings is 2. The Hall–Kier alpha value is -3.81. The number of amides is 5. The third-order valence-electron chi connectivity index (χ3n) is 6.59. The summed E-state index contributed by atoms with van der Waals surface area (Å²) in [7, 11) is 1.50. The van der Waals surface area contributed by atoms with E-state index in [1.165, 1.54) is 35.0 Å². The normalized spacial score (nSPS) is 20.9. The van der Waals surface area contributed by atoms with E-state index in [0.29, 0.717) is 11.1 Å². The van der Waals surface area contributed by atoms with Crippen molar-refractivity contribution < 1.29 is 23.9 Å². The van der Waals surface area contributed by atoms with Crippen molar-refractivity contribution in [3.8, 4) is 6.07 Å². The van der Waals surface area contributed by atoms with Gasteiger partial charge in [0.1, 0.15) is 12.1 Å². The van der Waals surface area contributed by atoms with Crippen LogP contribution in [0.4, 0.5) is 15.3 Å². The second-order valence-electron chi connectivity index (χ2n) is 8.66. The molecule has 0 unspecified atom stereocenters. The molecule has 5 amide bonds. The van der Waals surface area contributed by atoms with Crippen LogP contribution in [0.15, 0.2) is 42.5 Å². The molecular formula is C25H23Cl2N5O5. The monoisotopic (exact) mass is 543 g/mol. The van der Waals surface area contributed by atoms with Gasteiger partial charge < -0.3 is 19.9 Å². The number of imide groups is 1. The van der Waals surface area contributed by atoms with Gasteiger partial charge >= 0.3 is 18.0 Å². The van der Waals surface area contributed by atoms with Gasteiger partial charge in [0.15, 0.2) is 0 Å². The number of hydrogen-bond donors (Lipinski definition) is 1. The van der Waals surface area contributed by atoms with Gasteiger partial charge in [-0.3, -0.25) is 9.59 Å². The molecule has 12 heteroatoms. The van der Waals surface area contributed by atoms with Gasteiger partial charge in [-0.25, -0.2) is 14.5 Å². The third kappa shape index (κ3) is 4.68. The second-order valence-corrected chi connectivity index (χ2v) is 9.54. The smallest absolute Gasteiger partial charge is 0.332 e. The van der Waals surface area contributed by atoms with Crippen LogP contribution in [0.1, 0.15) is 24.0 Å². The van der Waals surface area contributed by atoms with Gasteiger partial charge in [0.25, 0.3) is 5.91 Å². The summed E-state index contributed by atoms with van der Waals surface area (Å²) < 4.78 is 4.86. The summed E-state index contributed by atoms with van der Waals surface area (Å²) in [5, 5.41) is 12.2. The summed E-state index contributed by atoms with van der Waals surface area (Å²) in [6.07, 6.45) is 0. The zero-order valence-electron chi connectivity index (χ0n) is 20.0. The van der Waals surface area contributed by atoms with Crippen molar-refractivity contribution in [1.29, 1.82) is 5.26 Å². The Kier molecular flexibility index (Phi) is 7.30. The quantitative estimate of drug-likeness (QED) is 0.455. The fraction of sp³-hybridized carbons (Fsp3) is 0.320. The van der Waals surface area contributed by atoms with E-state index in [0.717, 1.165) is 4.90 Å². The van der Waals surface area contributed by atoms with Crippen LogP contribution in [0.2, 0.25) is 10.0 Å². The lowest BCUT2D eigenvalue weighted by molar-refractivity contribution is -0.141. The Bertz CT molecular complexity index is 1290. The van der Waals surface area contributed by atoms with Gasteiger partial charge in [0.05, 0.1) is 30.5 Å².